The molecule has 0 unspecified atom stereocenters. The van der Waals surface area contributed by atoms with Crippen molar-refractivity contribution in [3.05, 3.63) is 50.3 Å². The minimum absolute atomic E-state index is 0.00694. The second-order valence-electron chi connectivity index (χ2n) is 5.30. The predicted molar refractivity (Wildman–Crippen MR) is 80.0 cm³/mol. The minimum Gasteiger partial charge on any atom is -0.294 e. The zero-order valence-corrected chi connectivity index (χ0v) is 12.5. The fourth-order valence-corrected chi connectivity index (χ4v) is 3.46. The standard InChI is InChI=1S/C15H17BrN2O/c1-10-5-4-8-12(9-10)18-15(19)13(16)14(17-18)11-6-2-3-7-11/h4-5,8-9,11,17H,2-3,6-7H2,1H3. The summed E-state index contributed by atoms with van der Waals surface area (Å²) >= 11 is 3.46. The summed E-state index contributed by atoms with van der Waals surface area (Å²) in [7, 11) is 0. The Morgan fingerprint density at radius 3 is 2.74 bits per heavy atom. The van der Waals surface area contributed by atoms with E-state index in [4.69, 9.17) is 0 Å². The van der Waals surface area contributed by atoms with Crippen LogP contribution >= 0.6 is 15.9 Å². The molecule has 1 aliphatic carbocycles. The first-order valence-corrected chi connectivity index (χ1v) is 7.53. The van der Waals surface area contributed by atoms with Gasteiger partial charge in [-0.25, -0.2) is 4.68 Å². The van der Waals surface area contributed by atoms with E-state index in [9.17, 15) is 4.79 Å². The highest BCUT2D eigenvalue weighted by Gasteiger charge is 2.24. The molecule has 0 amide bonds. The normalized spacial score (nSPS) is 16.1. The van der Waals surface area contributed by atoms with Crippen LogP contribution in [0.2, 0.25) is 0 Å². The summed E-state index contributed by atoms with van der Waals surface area (Å²) in [6.07, 6.45) is 4.86. The van der Waals surface area contributed by atoms with E-state index in [0.29, 0.717) is 10.4 Å². The third-order valence-electron chi connectivity index (χ3n) is 3.88. The lowest BCUT2D eigenvalue weighted by molar-refractivity contribution is 0.675. The number of H-pyrrole nitrogens is 1. The van der Waals surface area contributed by atoms with E-state index >= 15 is 0 Å². The molecule has 19 heavy (non-hydrogen) atoms. The van der Waals surface area contributed by atoms with Crippen molar-refractivity contribution >= 4 is 15.9 Å². The summed E-state index contributed by atoms with van der Waals surface area (Å²) in [5.41, 5.74) is 3.11. The average molecular weight is 321 g/mol. The third kappa shape index (κ3) is 2.29. The second-order valence-corrected chi connectivity index (χ2v) is 6.09. The van der Waals surface area contributed by atoms with Gasteiger partial charge < -0.3 is 0 Å². The molecule has 0 aliphatic heterocycles. The fraction of sp³-hybridized carbons (Fsp3) is 0.400. The van der Waals surface area contributed by atoms with Crippen LogP contribution in [0.1, 0.15) is 42.9 Å². The molecule has 1 N–H and O–H groups in total. The summed E-state index contributed by atoms with van der Waals surface area (Å²) in [5, 5.41) is 3.29. The van der Waals surface area contributed by atoms with Crippen molar-refractivity contribution < 1.29 is 0 Å². The molecule has 1 aromatic heterocycles. The van der Waals surface area contributed by atoms with E-state index in [1.54, 1.807) is 4.68 Å². The van der Waals surface area contributed by atoms with E-state index in [1.165, 1.54) is 25.7 Å². The smallest absolute Gasteiger partial charge is 0.285 e. The zero-order chi connectivity index (χ0) is 13.4. The molecule has 0 radical (unpaired) electrons. The van der Waals surface area contributed by atoms with Gasteiger partial charge in [-0.2, -0.15) is 0 Å². The molecular weight excluding hydrogens is 304 g/mol. The van der Waals surface area contributed by atoms with Crippen molar-refractivity contribution in [3.8, 4) is 5.69 Å². The van der Waals surface area contributed by atoms with E-state index in [0.717, 1.165) is 16.9 Å². The monoisotopic (exact) mass is 320 g/mol. The molecule has 3 rings (SSSR count). The van der Waals surface area contributed by atoms with Crippen LogP contribution in [0, 0.1) is 6.92 Å². The van der Waals surface area contributed by atoms with Crippen LogP contribution in [0.4, 0.5) is 0 Å². The Morgan fingerprint density at radius 2 is 2.05 bits per heavy atom. The highest BCUT2D eigenvalue weighted by molar-refractivity contribution is 9.10. The Balaban J connectivity index is 2.08. The molecule has 1 saturated carbocycles. The summed E-state index contributed by atoms with van der Waals surface area (Å²) in [6, 6.07) is 7.98. The number of hydrogen-bond donors (Lipinski definition) is 1. The third-order valence-corrected chi connectivity index (χ3v) is 4.65. The van der Waals surface area contributed by atoms with Crippen molar-refractivity contribution in [1.29, 1.82) is 0 Å². The average Bonchev–Trinajstić information content (AvgIpc) is 3.00. The lowest BCUT2D eigenvalue weighted by Crippen LogP contribution is -2.14. The van der Waals surface area contributed by atoms with Crippen LogP contribution in [0.5, 0.6) is 0 Å². The second kappa shape index (κ2) is 5.00. The van der Waals surface area contributed by atoms with E-state index < -0.39 is 0 Å². The van der Waals surface area contributed by atoms with Crippen molar-refractivity contribution in [2.24, 2.45) is 0 Å². The summed E-state index contributed by atoms with van der Waals surface area (Å²) in [6.45, 7) is 2.03. The van der Waals surface area contributed by atoms with Crippen molar-refractivity contribution in [1.82, 2.24) is 9.78 Å². The Bertz CT molecular complexity index is 650. The number of aryl methyl sites for hydroxylation is 1. The minimum atomic E-state index is 0.00694. The molecular formula is C15H17BrN2O. The quantitative estimate of drug-likeness (QED) is 0.895. The van der Waals surface area contributed by atoms with Gasteiger partial charge in [-0.3, -0.25) is 9.89 Å². The number of aromatic amines is 1. The summed E-state index contributed by atoms with van der Waals surface area (Å²) in [4.78, 5) is 12.3. The van der Waals surface area contributed by atoms with Gasteiger partial charge in [-0.15, -0.1) is 0 Å². The number of nitrogens with one attached hydrogen (secondary N) is 1. The van der Waals surface area contributed by atoms with Gasteiger partial charge in [0.25, 0.3) is 5.56 Å². The van der Waals surface area contributed by atoms with Crippen LogP contribution in [0.25, 0.3) is 5.69 Å². The lowest BCUT2D eigenvalue weighted by atomic mass is 10.1. The Labute approximate surface area is 120 Å². The van der Waals surface area contributed by atoms with Gasteiger partial charge in [-0.05, 0) is 53.4 Å². The molecule has 100 valence electrons. The number of benzene rings is 1. The van der Waals surface area contributed by atoms with Gasteiger partial charge in [0.1, 0.15) is 4.47 Å². The van der Waals surface area contributed by atoms with Crippen molar-refractivity contribution in [2.45, 2.75) is 38.5 Å². The van der Waals surface area contributed by atoms with Crippen molar-refractivity contribution in [3.63, 3.8) is 0 Å². The molecule has 1 aliphatic rings. The number of nitrogens with zero attached hydrogens (tertiary/aromatic N) is 1. The predicted octanol–water partition coefficient (Wildman–Crippen LogP) is 3.89. The zero-order valence-electron chi connectivity index (χ0n) is 10.9. The molecule has 1 fully saturated rings. The summed E-state index contributed by atoms with van der Waals surface area (Å²) in [5.74, 6) is 0.494. The number of rotatable bonds is 2. The Hall–Kier alpha value is -1.29. The highest BCUT2D eigenvalue weighted by Crippen LogP contribution is 2.35. The van der Waals surface area contributed by atoms with Crippen LogP contribution in [0.3, 0.4) is 0 Å². The highest BCUT2D eigenvalue weighted by atomic mass is 79.9. The Morgan fingerprint density at radius 1 is 1.32 bits per heavy atom. The molecule has 0 bridgehead atoms. The topological polar surface area (TPSA) is 37.8 Å². The van der Waals surface area contributed by atoms with Crippen molar-refractivity contribution in [2.75, 3.05) is 0 Å². The number of aromatic nitrogens is 2. The van der Waals surface area contributed by atoms with Crippen LogP contribution in [0.15, 0.2) is 33.5 Å². The molecule has 0 saturated heterocycles. The Kier molecular flexibility index (Phi) is 3.35. The van der Waals surface area contributed by atoms with Crippen LogP contribution in [-0.2, 0) is 0 Å². The molecule has 4 heteroatoms. The first kappa shape index (κ1) is 12.7. The molecule has 1 aromatic carbocycles. The SMILES string of the molecule is Cc1cccc(-n2[nH]c(C3CCCC3)c(Br)c2=O)c1. The first-order chi connectivity index (χ1) is 9.16. The van der Waals surface area contributed by atoms with Crippen LogP contribution in [-0.4, -0.2) is 9.78 Å². The molecule has 1 heterocycles. The number of hydrogen-bond acceptors (Lipinski definition) is 1. The first-order valence-electron chi connectivity index (χ1n) is 6.74. The van der Waals surface area contributed by atoms with Crippen LogP contribution < -0.4 is 5.56 Å². The lowest BCUT2D eigenvalue weighted by Gasteiger charge is -2.07. The maximum absolute atomic E-state index is 12.3. The largest absolute Gasteiger partial charge is 0.294 e. The fourth-order valence-electron chi connectivity index (χ4n) is 2.87. The van der Waals surface area contributed by atoms with Gasteiger partial charge in [-0.1, -0.05) is 25.0 Å². The van der Waals surface area contributed by atoms with E-state index in [2.05, 4.69) is 21.0 Å². The summed E-state index contributed by atoms with van der Waals surface area (Å²) < 4.78 is 2.34. The molecule has 3 nitrogen and oxygen atoms in total. The molecule has 0 spiro atoms. The van der Waals surface area contributed by atoms with E-state index in [-0.39, 0.29) is 5.56 Å². The molecule has 2 aromatic rings. The van der Waals surface area contributed by atoms with Gasteiger partial charge in [0, 0.05) is 5.92 Å². The van der Waals surface area contributed by atoms with Gasteiger partial charge in [0.15, 0.2) is 0 Å². The maximum atomic E-state index is 12.3. The number of halogens is 1. The molecule has 0 atom stereocenters. The van der Waals surface area contributed by atoms with E-state index in [1.807, 2.05) is 31.2 Å². The van der Waals surface area contributed by atoms with Gasteiger partial charge in [0.2, 0.25) is 0 Å². The maximum Gasteiger partial charge on any atom is 0.285 e. The van der Waals surface area contributed by atoms with Gasteiger partial charge in [0.05, 0.1) is 11.4 Å². The van der Waals surface area contributed by atoms with Gasteiger partial charge >= 0.3 is 0 Å².